The molecular weight excluding hydrogens is 602 g/mol. The molecule has 0 aliphatic heterocycles. The highest BCUT2D eigenvalue weighted by Gasteiger charge is 2.41. The highest BCUT2D eigenvalue weighted by atomic mass is 28.4. The van der Waals surface area contributed by atoms with Gasteiger partial charge >= 0.3 is 5.97 Å². The molecule has 0 saturated carbocycles. The van der Waals surface area contributed by atoms with Crippen LogP contribution in [0.1, 0.15) is 59.4 Å². The second kappa shape index (κ2) is 20.4. The van der Waals surface area contributed by atoms with Crippen molar-refractivity contribution >= 4 is 20.0 Å². The molecule has 0 unspecified atom stereocenters. The van der Waals surface area contributed by atoms with Gasteiger partial charge in [-0.1, -0.05) is 70.2 Å². The van der Waals surface area contributed by atoms with Crippen LogP contribution in [0.2, 0.25) is 18.1 Å². The average molecular weight is 662 g/mol. The average Bonchev–Trinajstić information content (AvgIpc) is 2.98. The number of carbonyl (C=O) groups is 1. The van der Waals surface area contributed by atoms with Crippen molar-refractivity contribution in [3.63, 3.8) is 0 Å². The number of ether oxygens (including phenoxy) is 5. The lowest BCUT2D eigenvalue weighted by Gasteiger charge is -2.42. The van der Waals surface area contributed by atoms with E-state index in [1.165, 1.54) is 7.11 Å². The normalized spacial score (nSPS) is 15.8. The van der Waals surface area contributed by atoms with Crippen LogP contribution in [0.5, 0.6) is 11.5 Å². The van der Waals surface area contributed by atoms with Gasteiger partial charge in [0.2, 0.25) is 0 Å². The van der Waals surface area contributed by atoms with E-state index in [1.807, 2.05) is 24.3 Å². The number of benzene rings is 1. The smallest absolute Gasteiger partial charge is 0.306 e. The van der Waals surface area contributed by atoms with Gasteiger partial charge in [-0.15, -0.1) is 0 Å². The molecule has 0 fully saturated rings. The molecule has 1 aromatic carbocycles. The van der Waals surface area contributed by atoms with Crippen molar-refractivity contribution in [3.8, 4) is 11.5 Å². The van der Waals surface area contributed by atoms with Crippen LogP contribution in [0, 0.1) is 5.92 Å². The lowest BCUT2D eigenvalue weighted by atomic mass is 9.90. The Morgan fingerprint density at radius 2 is 1.72 bits per heavy atom. The van der Waals surface area contributed by atoms with E-state index in [0.29, 0.717) is 23.6 Å². The van der Waals surface area contributed by atoms with Crippen molar-refractivity contribution in [3.05, 3.63) is 65.8 Å². The minimum atomic E-state index is -2.12. The Kier molecular flexibility index (Phi) is 18.2. The van der Waals surface area contributed by atoms with Gasteiger partial charge in [0.1, 0.15) is 18.3 Å². The zero-order chi connectivity index (χ0) is 34.9. The molecule has 0 saturated heterocycles. The van der Waals surface area contributed by atoms with Crippen LogP contribution in [0.15, 0.2) is 60.2 Å². The van der Waals surface area contributed by atoms with Crippen molar-refractivity contribution in [1.82, 2.24) is 0 Å². The molecule has 9 nitrogen and oxygen atoms in total. The van der Waals surface area contributed by atoms with Crippen molar-refractivity contribution < 1.29 is 38.0 Å². The molecule has 3 N–H and O–H groups in total. The zero-order valence-electron chi connectivity index (χ0n) is 29.9. The van der Waals surface area contributed by atoms with Crippen LogP contribution in [-0.2, 0) is 29.9 Å². The molecule has 46 heavy (non-hydrogen) atoms. The van der Waals surface area contributed by atoms with E-state index in [1.54, 1.807) is 39.5 Å². The van der Waals surface area contributed by atoms with Gasteiger partial charge in [-0.25, -0.2) is 0 Å². The molecule has 0 aromatic heterocycles. The predicted octanol–water partition coefficient (Wildman–Crippen LogP) is 7.73. The monoisotopic (exact) mass is 661 g/mol. The summed E-state index contributed by atoms with van der Waals surface area (Å²) in [7, 11) is 4.26. The van der Waals surface area contributed by atoms with E-state index >= 15 is 0 Å². The number of nitrogen functional groups attached to an aromatic ring is 1. The summed E-state index contributed by atoms with van der Waals surface area (Å²) in [6.07, 6.45) is 14.9. The molecule has 0 heterocycles. The van der Waals surface area contributed by atoms with Crippen molar-refractivity contribution in [2.45, 2.75) is 96.7 Å². The topological polar surface area (TPSA) is 119 Å². The minimum Gasteiger partial charge on any atom is -0.497 e. The second-order valence-corrected chi connectivity index (χ2v) is 17.7. The molecule has 260 valence electrons. The summed E-state index contributed by atoms with van der Waals surface area (Å²) in [6.45, 7) is 15.7. The standard InChI is InChI=1S/C36H59NO8Si/c1-26(18-17-19-28-22-30(42-8)23-31(37)35(28)43-9)34(44-25-40-6)27(2)32(45-46(10,11)36(3,4)5)21-16-14-12-13-15-20-29(41-7)24-33(38)39/h12-16,18,20,22-23,27,29,32,34H,17,19,21,24-25,37H2,1-11H3,(H,38,39)/b13-12+,16-14+,20-15+,26-18+/t27-,29-,32-,34-/m0/s1. The van der Waals surface area contributed by atoms with Crippen LogP contribution in [-0.4, -0.2) is 72.9 Å². The Bertz CT molecular complexity index is 1190. The highest BCUT2D eigenvalue weighted by Crippen LogP contribution is 2.39. The van der Waals surface area contributed by atoms with Crippen LogP contribution < -0.4 is 15.2 Å². The molecule has 0 aliphatic carbocycles. The van der Waals surface area contributed by atoms with E-state index in [2.05, 4.69) is 59.9 Å². The number of allylic oxidation sites excluding steroid dienone is 5. The first-order chi connectivity index (χ1) is 21.6. The fourth-order valence-corrected chi connectivity index (χ4v) is 6.20. The lowest BCUT2D eigenvalue weighted by molar-refractivity contribution is -0.138. The van der Waals surface area contributed by atoms with Crippen LogP contribution in [0.25, 0.3) is 0 Å². The molecule has 0 radical (unpaired) electrons. The van der Waals surface area contributed by atoms with E-state index in [4.69, 9.17) is 39.0 Å². The van der Waals surface area contributed by atoms with Crippen molar-refractivity contribution in [1.29, 1.82) is 0 Å². The Morgan fingerprint density at radius 3 is 2.28 bits per heavy atom. The maximum Gasteiger partial charge on any atom is 0.306 e. The third kappa shape index (κ3) is 13.8. The molecule has 10 heteroatoms. The number of anilines is 1. The fraction of sp³-hybridized carbons (Fsp3) is 0.583. The van der Waals surface area contributed by atoms with Gasteiger partial charge in [0, 0.05) is 31.8 Å². The summed E-state index contributed by atoms with van der Waals surface area (Å²) in [5.41, 5.74) is 8.84. The molecular formula is C36H59NO8Si. The van der Waals surface area contributed by atoms with E-state index < -0.39 is 20.4 Å². The maximum absolute atomic E-state index is 11.0. The first-order valence-corrected chi connectivity index (χ1v) is 18.7. The molecule has 0 bridgehead atoms. The highest BCUT2D eigenvalue weighted by molar-refractivity contribution is 6.74. The van der Waals surface area contributed by atoms with E-state index in [-0.39, 0.29) is 36.4 Å². The molecule has 0 spiro atoms. The number of hydrogen-bond acceptors (Lipinski definition) is 8. The number of nitrogens with two attached hydrogens (primary N) is 1. The van der Waals surface area contributed by atoms with E-state index in [9.17, 15) is 4.79 Å². The number of carboxylic acid groups (broad SMARTS) is 1. The van der Waals surface area contributed by atoms with Gasteiger partial charge in [0.05, 0.1) is 44.6 Å². The fourth-order valence-electron chi connectivity index (χ4n) is 4.78. The Hall–Kier alpha value is -2.89. The zero-order valence-corrected chi connectivity index (χ0v) is 30.9. The Balaban J connectivity index is 3.22. The number of aryl methyl sites for hydroxylation is 1. The van der Waals surface area contributed by atoms with Crippen molar-refractivity contribution in [2.75, 3.05) is 41.0 Å². The Morgan fingerprint density at radius 1 is 1.04 bits per heavy atom. The van der Waals surface area contributed by atoms with Gasteiger partial charge in [-0.2, -0.15) is 0 Å². The molecule has 0 amide bonds. The van der Waals surface area contributed by atoms with Crippen LogP contribution in [0.3, 0.4) is 0 Å². The first kappa shape index (κ1) is 41.1. The van der Waals surface area contributed by atoms with Gasteiger partial charge in [-0.3, -0.25) is 4.79 Å². The third-order valence-corrected chi connectivity index (χ3v) is 13.0. The number of aliphatic carboxylic acids is 1. The number of rotatable bonds is 21. The number of hydrogen-bond donors (Lipinski definition) is 2. The molecule has 1 aromatic rings. The van der Waals surface area contributed by atoms with Crippen molar-refractivity contribution in [2.24, 2.45) is 5.92 Å². The SMILES string of the molecule is COCO[C@@H](/C(C)=C/CCc1cc(OC)cc(N)c1OC)[C@@H](C)[C@H](C/C=C/C=C/C=C/[C@@H](CC(=O)O)OC)O[Si](C)(C)C(C)(C)C. The molecule has 4 atom stereocenters. The summed E-state index contributed by atoms with van der Waals surface area (Å²) < 4.78 is 34.8. The predicted molar refractivity (Wildman–Crippen MR) is 189 cm³/mol. The van der Waals surface area contributed by atoms with Gasteiger partial charge in [0.25, 0.3) is 0 Å². The minimum absolute atomic E-state index is 0.0227. The van der Waals surface area contributed by atoms with Gasteiger partial charge < -0.3 is 39.0 Å². The van der Waals surface area contributed by atoms with Gasteiger partial charge in [0.15, 0.2) is 8.32 Å². The van der Waals surface area contributed by atoms with Crippen LogP contribution in [0.4, 0.5) is 5.69 Å². The summed E-state index contributed by atoms with van der Waals surface area (Å²) in [5, 5.41) is 9.03. The number of methoxy groups -OCH3 is 4. The molecule has 0 aliphatic rings. The third-order valence-electron chi connectivity index (χ3n) is 8.46. The largest absolute Gasteiger partial charge is 0.497 e. The maximum atomic E-state index is 11.0. The summed E-state index contributed by atoms with van der Waals surface area (Å²) in [4.78, 5) is 11.0. The summed E-state index contributed by atoms with van der Waals surface area (Å²) in [6, 6.07) is 3.73. The van der Waals surface area contributed by atoms with Crippen LogP contribution >= 0.6 is 0 Å². The quantitative estimate of drug-likeness (QED) is 0.0449. The first-order valence-electron chi connectivity index (χ1n) is 15.8. The molecule has 1 rings (SSSR count). The second-order valence-electron chi connectivity index (χ2n) is 13.0. The van der Waals surface area contributed by atoms with Gasteiger partial charge in [-0.05, 0) is 56.0 Å². The summed E-state index contributed by atoms with van der Waals surface area (Å²) in [5.74, 6) is 0.494. The van der Waals surface area contributed by atoms with E-state index in [0.717, 1.165) is 24.0 Å². The Labute approximate surface area is 278 Å². The summed E-state index contributed by atoms with van der Waals surface area (Å²) >= 11 is 0. The number of carboxylic acids is 1. The lowest BCUT2D eigenvalue weighted by Crippen LogP contribution is -2.47.